The first-order valence-electron chi connectivity index (χ1n) is 6.04. The summed E-state index contributed by atoms with van der Waals surface area (Å²) in [7, 11) is 0. The van der Waals surface area contributed by atoms with Crippen molar-refractivity contribution in [3.8, 4) is 0 Å². The van der Waals surface area contributed by atoms with Crippen molar-refractivity contribution in [1.82, 2.24) is 5.32 Å². The molecule has 0 bridgehead atoms. The predicted octanol–water partition coefficient (Wildman–Crippen LogP) is 2.12. The molecule has 0 amide bonds. The molecule has 0 spiro atoms. The lowest BCUT2D eigenvalue weighted by Crippen LogP contribution is -2.44. The van der Waals surface area contributed by atoms with Gasteiger partial charge in [0, 0.05) is 26.2 Å². The number of carbonyl (C=O) groups excluding carboxylic acids is 1. The number of anilines is 1. The molecule has 1 aliphatic rings. The van der Waals surface area contributed by atoms with E-state index in [1.165, 1.54) is 0 Å². The van der Waals surface area contributed by atoms with E-state index >= 15 is 0 Å². The third-order valence-corrected chi connectivity index (χ3v) is 2.86. The maximum Gasteiger partial charge on any atom is 0.340 e. The predicted molar refractivity (Wildman–Crippen MR) is 82.0 cm³/mol. The Bertz CT molecular complexity index is 396. The molecule has 1 saturated heterocycles. The van der Waals surface area contributed by atoms with Gasteiger partial charge in [-0.25, -0.2) is 4.79 Å². The Morgan fingerprint density at radius 1 is 1.26 bits per heavy atom. The highest BCUT2D eigenvalue weighted by molar-refractivity contribution is 5.95. The monoisotopic (exact) mass is 306 g/mol. The lowest BCUT2D eigenvalue weighted by Gasteiger charge is -2.30. The van der Waals surface area contributed by atoms with E-state index in [4.69, 9.17) is 4.74 Å². The van der Waals surface area contributed by atoms with Crippen molar-refractivity contribution in [2.45, 2.75) is 6.92 Å². The zero-order chi connectivity index (χ0) is 12.1. The Hall–Kier alpha value is -0.970. The number of piperazine rings is 1. The van der Waals surface area contributed by atoms with Crippen LogP contribution in [-0.4, -0.2) is 38.8 Å². The smallest absolute Gasteiger partial charge is 0.340 e. The molecule has 1 N–H and O–H groups in total. The molecule has 4 nitrogen and oxygen atoms in total. The van der Waals surface area contributed by atoms with Gasteiger partial charge in [-0.3, -0.25) is 0 Å². The van der Waals surface area contributed by atoms with Crippen LogP contribution in [0.1, 0.15) is 17.3 Å². The Morgan fingerprint density at radius 3 is 2.53 bits per heavy atom. The first kappa shape index (κ1) is 18.0. The maximum absolute atomic E-state index is 11.8. The van der Waals surface area contributed by atoms with Gasteiger partial charge in [-0.1, -0.05) is 12.1 Å². The largest absolute Gasteiger partial charge is 0.462 e. The molecular weight excluding hydrogens is 287 g/mol. The van der Waals surface area contributed by atoms with Crippen molar-refractivity contribution in [2.75, 3.05) is 37.7 Å². The second-order valence-electron chi connectivity index (χ2n) is 3.97. The van der Waals surface area contributed by atoms with Crippen LogP contribution in [0, 0.1) is 0 Å². The van der Waals surface area contributed by atoms with Crippen LogP contribution in [0.4, 0.5) is 5.69 Å². The van der Waals surface area contributed by atoms with Gasteiger partial charge in [0.25, 0.3) is 0 Å². The molecule has 1 aliphatic heterocycles. The fraction of sp³-hybridized carbons (Fsp3) is 0.462. The molecule has 1 heterocycles. The van der Waals surface area contributed by atoms with Crippen LogP contribution in [0.3, 0.4) is 0 Å². The van der Waals surface area contributed by atoms with E-state index in [1.54, 1.807) is 0 Å². The molecule has 1 fully saturated rings. The molecule has 0 aliphatic carbocycles. The highest BCUT2D eigenvalue weighted by Crippen LogP contribution is 2.21. The number of hydrogen-bond donors (Lipinski definition) is 1. The minimum Gasteiger partial charge on any atom is -0.462 e. The fourth-order valence-electron chi connectivity index (χ4n) is 2.04. The van der Waals surface area contributed by atoms with Crippen molar-refractivity contribution < 1.29 is 9.53 Å². The van der Waals surface area contributed by atoms with Gasteiger partial charge >= 0.3 is 5.97 Å². The topological polar surface area (TPSA) is 41.6 Å². The van der Waals surface area contributed by atoms with Crippen molar-refractivity contribution in [1.29, 1.82) is 0 Å². The summed E-state index contributed by atoms with van der Waals surface area (Å²) in [6.07, 6.45) is 0. The number of nitrogens with one attached hydrogen (secondary N) is 1. The second-order valence-corrected chi connectivity index (χ2v) is 3.97. The summed E-state index contributed by atoms with van der Waals surface area (Å²) in [5.41, 5.74) is 1.64. The highest BCUT2D eigenvalue weighted by Gasteiger charge is 2.18. The molecule has 0 unspecified atom stereocenters. The highest BCUT2D eigenvalue weighted by atomic mass is 35.5. The lowest BCUT2D eigenvalue weighted by molar-refractivity contribution is 0.0527. The average Bonchev–Trinajstić information content (AvgIpc) is 2.40. The number of nitrogens with zero attached hydrogens (tertiary/aromatic N) is 1. The molecule has 0 atom stereocenters. The van der Waals surface area contributed by atoms with Crippen LogP contribution < -0.4 is 10.2 Å². The number of esters is 1. The van der Waals surface area contributed by atoms with Crippen molar-refractivity contribution in [2.24, 2.45) is 0 Å². The van der Waals surface area contributed by atoms with Crippen LogP contribution in [0.2, 0.25) is 0 Å². The van der Waals surface area contributed by atoms with Crippen LogP contribution >= 0.6 is 24.8 Å². The molecule has 0 aromatic heterocycles. The van der Waals surface area contributed by atoms with Crippen LogP contribution in [-0.2, 0) is 4.74 Å². The number of halogens is 2. The second kappa shape index (κ2) is 9.02. The van der Waals surface area contributed by atoms with Crippen molar-refractivity contribution >= 4 is 36.5 Å². The first-order chi connectivity index (χ1) is 8.33. The zero-order valence-corrected chi connectivity index (χ0v) is 12.6. The molecule has 2 rings (SSSR count). The van der Waals surface area contributed by atoms with Gasteiger partial charge < -0.3 is 15.0 Å². The van der Waals surface area contributed by atoms with Crippen molar-refractivity contribution in [3.05, 3.63) is 29.8 Å². The molecule has 0 saturated carbocycles. The quantitative estimate of drug-likeness (QED) is 0.869. The van der Waals surface area contributed by atoms with Gasteiger partial charge in [0.05, 0.1) is 17.9 Å². The summed E-state index contributed by atoms with van der Waals surface area (Å²) in [4.78, 5) is 14.1. The third-order valence-electron chi connectivity index (χ3n) is 2.86. The Morgan fingerprint density at radius 2 is 1.89 bits per heavy atom. The van der Waals surface area contributed by atoms with Crippen LogP contribution in [0.5, 0.6) is 0 Å². The number of benzene rings is 1. The lowest BCUT2D eigenvalue weighted by atomic mass is 10.1. The Kier molecular flexibility index (Phi) is 8.56. The number of ether oxygens (including phenoxy) is 1. The third kappa shape index (κ3) is 4.56. The molecule has 19 heavy (non-hydrogen) atoms. The Labute approximate surface area is 126 Å². The van der Waals surface area contributed by atoms with Gasteiger partial charge in [-0.15, -0.1) is 24.8 Å². The van der Waals surface area contributed by atoms with Gasteiger partial charge in [0.2, 0.25) is 0 Å². The number of hydrogen-bond acceptors (Lipinski definition) is 4. The van der Waals surface area contributed by atoms with Gasteiger partial charge in [0.1, 0.15) is 0 Å². The van der Waals surface area contributed by atoms with Crippen LogP contribution in [0.15, 0.2) is 24.3 Å². The number of rotatable bonds is 3. The Balaban J connectivity index is 0.00000162. The first-order valence-corrected chi connectivity index (χ1v) is 6.04. The standard InChI is InChI=1S/C13H18N2O2.2ClH/c1-2-17-13(16)11-5-3-4-6-12(11)15-9-7-14-8-10-15;;/h3-6,14H,2,7-10H2,1H3;2*1H. The molecule has 108 valence electrons. The van der Waals surface area contributed by atoms with E-state index in [1.807, 2.05) is 31.2 Å². The van der Waals surface area contributed by atoms with Gasteiger partial charge in [0.15, 0.2) is 0 Å². The minimum atomic E-state index is -0.235. The van der Waals surface area contributed by atoms with E-state index in [2.05, 4.69) is 10.2 Å². The molecular formula is C13H20Cl2N2O2. The summed E-state index contributed by atoms with van der Waals surface area (Å²) < 4.78 is 5.08. The van der Waals surface area contributed by atoms with E-state index in [9.17, 15) is 4.79 Å². The molecule has 1 aromatic carbocycles. The minimum absolute atomic E-state index is 0. The average molecular weight is 307 g/mol. The zero-order valence-electron chi connectivity index (χ0n) is 10.9. The fourth-order valence-corrected chi connectivity index (χ4v) is 2.04. The normalized spacial score (nSPS) is 14.1. The number of carbonyl (C=O) groups is 1. The molecule has 0 radical (unpaired) electrons. The van der Waals surface area contributed by atoms with Gasteiger partial charge in [-0.2, -0.15) is 0 Å². The van der Waals surface area contributed by atoms with Crippen LogP contribution in [0.25, 0.3) is 0 Å². The molecule has 1 aromatic rings. The summed E-state index contributed by atoms with van der Waals surface area (Å²) in [5.74, 6) is -0.235. The molecule has 6 heteroatoms. The SMILES string of the molecule is CCOC(=O)c1ccccc1N1CCNCC1.Cl.Cl. The van der Waals surface area contributed by atoms with E-state index in [-0.39, 0.29) is 30.8 Å². The number of para-hydroxylation sites is 1. The van der Waals surface area contributed by atoms with Gasteiger partial charge in [-0.05, 0) is 19.1 Å². The summed E-state index contributed by atoms with van der Waals surface area (Å²) in [6.45, 7) is 6.00. The van der Waals surface area contributed by atoms with E-state index < -0.39 is 0 Å². The summed E-state index contributed by atoms with van der Waals surface area (Å²) in [5, 5.41) is 3.30. The summed E-state index contributed by atoms with van der Waals surface area (Å²) >= 11 is 0. The van der Waals surface area contributed by atoms with E-state index in [0.717, 1.165) is 31.9 Å². The summed E-state index contributed by atoms with van der Waals surface area (Å²) in [6, 6.07) is 7.64. The van der Waals surface area contributed by atoms with E-state index in [0.29, 0.717) is 12.2 Å². The maximum atomic E-state index is 11.8. The van der Waals surface area contributed by atoms with Crippen molar-refractivity contribution in [3.63, 3.8) is 0 Å².